The average Bonchev–Trinajstić information content (AvgIpc) is 2.28. The van der Waals surface area contributed by atoms with Gasteiger partial charge in [-0.25, -0.2) is 9.97 Å². The molecule has 0 spiro atoms. The van der Waals surface area contributed by atoms with Gasteiger partial charge >= 0.3 is 0 Å². The Morgan fingerprint density at radius 2 is 1.72 bits per heavy atom. The number of hydrogen-bond donors (Lipinski definition) is 1. The summed E-state index contributed by atoms with van der Waals surface area (Å²) >= 11 is 0. The van der Waals surface area contributed by atoms with E-state index in [-0.39, 0.29) is 6.10 Å². The number of ether oxygens (including phenoxy) is 1. The van der Waals surface area contributed by atoms with Crippen LogP contribution in [0.3, 0.4) is 0 Å². The Hall–Kier alpha value is -1.00. The van der Waals surface area contributed by atoms with Crippen LogP contribution in [0.2, 0.25) is 0 Å². The summed E-state index contributed by atoms with van der Waals surface area (Å²) < 4.78 is 5.26. The van der Waals surface area contributed by atoms with E-state index in [1.807, 2.05) is 14.0 Å². The lowest BCUT2D eigenvalue weighted by Gasteiger charge is -2.17. The second-order valence-corrected chi connectivity index (χ2v) is 4.93. The van der Waals surface area contributed by atoms with Gasteiger partial charge in [-0.2, -0.15) is 0 Å². The van der Waals surface area contributed by atoms with Crippen molar-refractivity contribution in [2.75, 3.05) is 20.7 Å². The molecule has 0 amide bonds. The highest BCUT2D eigenvalue weighted by Crippen LogP contribution is 2.21. The van der Waals surface area contributed by atoms with Crippen LogP contribution >= 0.6 is 0 Å². The van der Waals surface area contributed by atoms with Gasteiger partial charge in [0.1, 0.15) is 5.82 Å². The Labute approximate surface area is 110 Å². The number of nitrogens with one attached hydrogen (secondary N) is 1. The van der Waals surface area contributed by atoms with E-state index >= 15 is 0 Å². The first-order chi connectivity index (χ1) is 8.49. The van der Waals surface area contributed by atoms with Crippen molar-refractivity contribution in [1.29, 1.82) is 0 Å². The molecule has 4 nitrogen and oxygen atoms in total. The first kappa shape index (κ1) is 15.1. The van der Waals surface area contributed by atoms with Gasteiger partial charge in [-0.05, 0) is 39.3 Å². The van der Waals surface area contributed by atoms with Crippen LogP contribution in [0, 0.1) is 13.8 Å². The molecule has 0 aliphatic carbocycles. The van der Waals surface area contributed by atoms with Crippen molar-refractivity contribution in [3.8, 4) is 0 Å². The number of rotatable bonds is 6. The zero-order valence-corrected chi connectivity index (χ0v) is 12.4. The third kappa shape index (κ3) is 3.75. The van der Waals surface area contributed by atoms with Crippen LogP contribution in [0.1, 0.15) is 42.5 Å². The van der Waals surface area contributed by atoms with E-state index in [0.717, 1.165) is 30.2 Å². The van der Waals surface area contributed by atoms with Crippen molar-refractivity contribution >= 4 is 0 Å². The summed E-state index contributed by atoms with van der Waals surface area (Å²) in [5, 5.41) is 3.20. The molecule has 0 radical (unpaired) electrons. The van der Waals surface area contributed by atoms with Gasteiger partial charge in [0.2, 0.25) is 0 Å². The number of likely N-dealkylation sites (N-methyl/N-ethyl adjacent to an activating group) is 1. The van der Waals surface area contributed by atoms with Gasteiger partial charge in [0, 0.05) is 31.5 Å². The smallest absolute Gasteiger partial charge is 0.131 e. The topological polar surface area (TPSA) is 47.0 Å². The number of nitrogens with zero attached hydrogens (tertiary/aromatic N) is 2. The lowest BCUT2D eigenvalue weighted by molar-refractivity contribution is 0.117. The molecule has 1 heterocycles. The summed E-state index contributed by atoms with van der Waals surface area (Å²) in [6, 6.07) is 0. The summed E-state index contributed by atoms with van der Waals surface area (Å²) in [6.07, 6.45) is 0.920. The Morgan fingerprint density at radius 3 is 2.17 bits per heavy atom. The number of aromatic nitrogens is 2. The molecule has 0 aliphatic heterocycles. The van der Waals surface area contributed by atoms with Crippen LogP contribution in [0.4, 0.5) is 0 Å². The molecule has 0 aliphatic rings. The molecule has 1 aromatic rings. The molecular weight excluding hydrogens is 226 g/mol. The van der Waals surface area contributed by atoms with Crippen molar-refractivity contribution in [3.05, 3.63) is 22.8 Å². The fourth-order valence-electron chi connectivity index (χ4n) is 2.35. The van der Waals surface area contributed by atoms with Crippen LogP contribution in [0.5, 0.6) is 0 Å². The molecule has 1 N–H and O–H groups in total. The summed E-state index contributed by atoms with van der Waals surface area (Å²) in [7, 11) is 3.68. The van der Waals surface area contributed by atoms with Gasteiger partial charge in [0.25, 0.3) is 0 Å². The molecule has 0 saturated heterocycles. The molecule has 1 aromatic heterocycles. The van der Waals surface area contributed by atoms with Crippen LogP contribution in [0.15, 0.2) is 0 Å². The molecule has 0 aromatic carbocycles. The number of methoxy groups -OCH3 is 1. The normalized spacial score (nSPS) is 14.6. The van der Waals surface area contributed by atoms with Crippen molar-refractivity contribution in [3.63, 3.8) is 0 Å². The quantitative estimate of drug-likeness (QED) is 0.840. The second kappa shape index (κ2) is 6.81. The van der Waals surface area contributed by atoms with Crippen molar-refractivity contribution in [2.45, 2.75) is 46.1 Å². The standard InChI is InChI=1S/C14H25N3O/c1-9(8-15-5)14-11(3)16-13(17-12(14)4)7-10(2)18-6/h9-10,15H,7-8H2,1-6H3. The third-order valence-electron chi connectivity index (χ3n) is 3.25. The van der Waals surface area contributed by atoms with E-state index in [9.17, 15) is 0 Å². The lowest BCUT2D eigenvalue weighted by atomic mass is 9.98. The maximum absolute atomic E-state index is 5.26. The summed E-state index contributed by atoms with van der Waals surface area (Å²) in [6.45, 7) is 9.31. The molecule has 2 unspecified atom stereocenters. The largest absolute Gasteiger partial charge is 0.381 e. The predicted molar refractivity (Wildman–Crippen MR) is 74.0 cm³/mol. The zero-order valence-electron chi connectivity index (χ0n) is 12.4. The van der Waals surface area contributed by atoms with E-state index in [1.54, 1.807) is 7.11 Å². The number of hydrogen-bond acceptors (Lipinski definition) is 4. The van der Waals surface area contributed by atoms with Crippen LogP contribution < -0.4 is 5.32 Å². The van der Waals surface area contributed by atoms with E-state index in [4.69, 9.17) is 4.74 Å². The predicted octanol–water partition coefficient (Wildman–Crippen LogP) is 1.99. The molecule has 0 bridgehead atoms. The van der Waals surface area contributed by atoms with Crippen LogP contribution in [-0.2, 0) is 11.2 Å². The number of aryl methyl sites for hydroxylation is 2. The Kier molecular flexibility index (Phi) is 5.69. The lowest BCUT2D eigenvalue weighted by Crippen LogP contribution is -2.19. The van der Waals surface area contributed by atoms with E-state index in [0.29, 0.717) is 5.92 Å². The van der Waals surface area contributed by atoms with Crippen molar-refractivity contribution < 1.29 is 4.74 Å². The minimum Gasteiger partial charge on any atom is -0.381 e. The average molecular weight is 251 g/mol. The Morgan fingerprint density at radius 1 is 1.17 bits per heavy atom. The van der Waals surface area contributed by atoms with Gasteiger partial charge in [0.05, 0.1) is 6.10 Å². The Bertz CT molecular complexity index is 370. The summed E-state index contributed by atoms with van der Waals surface area (Å²) in [4.78, 5) is 9.21. The first-order valence-electron chi connectivity index (χ1n) is 6.51. The highest BCUT2D eigenvalue weighted by atomic mass is 16.5. The minimum atomic E-state index is 0.157. The third-order valence-corrected chi connectivity index (χ3v) is 3.25. The fraction of sp³-hybridized carbons (Fsp3) is 0.714. The van der Waals surface area contributed by atoms with Gasteiger partial charge < -0.3 is 10.1 Å². The molecular formula is C14H25N3O. The summed E-state index contributed by atoms with van der Waals surface area (Å²) in [5.41, 5.74) is 3.44. The zero-order chi connectivity index (χ0) is 13.7. The molecule has 102 valence electrons. The summed E-state index contributed by atoms with van der Waals surface area (Å²) in [5.74, 6) is 1.31. The molecule has 0 fully saturated rings. The second-order valence-electron chi connectivity index (χ2n) is 4.93. The van der Waals surface area contributed by atoms with Crippen LogP contribution in [-0.4, -0.2) is 36.8 Å². The molecule has 18 heavy (non-hydrogen) atoms. The van der Waals surface area contributed by atoms with E-state index < -0.39 is 0 Å². The fourth-order valence-corrected chi connectivity index (χ4v) is 2.35. The molecule has 2 atom stereocenters. The van der Waals surface area contributed by atoms with Gasteiger partial charge in [0.15, 0.2) is 0 Å². The minimum absolute atomic E-state index is 0.157. The Balaban J connectivity index is 2.97. The van der Waals surface area contributed by atoms with E-state index in [2.05, 4.69) is 36.1 Å². The van der Waals surface area contributed by atoms with Crippen molar-refractivity contribution in [1.82, 2.24) is 15.3 Å². The molecule has 4 heteroatoms. The van der Waals surface area contributed by atoms with E-state index in [1.165, 1.54) is 5.56 Å². The highest BCUT2D eigenvalue weighted by molar-refractivity contribution is 5.28. The maximum Gasteiger partial charge on any atom is 0.131 e. The van der Waals surface area contributed by atoms with Gasteiger partial charge in [-0.3, -0.25) is 0 Å². The molecule has 0 saturated carbocycles. The van der Waals surface area contributed by atoms with Crippen molar-refractivity contribution in [2.24, 2.45) is 0 Å². The maximum atomic E-state index is 5.26. The monoisotopic (exact) mass is 251 g/mol. The highest BCUT2D eigenvalue weighted by Gasteiger charge is 2.15. The van der Waals surface area contributed by atoms with Gasteiger partial charge in [-0.15, -0.1) is 0 Å². The van der Waals surface area contributed by atoms with Crippen LogP contribution in [0.25, 0.3) is 0 Å². The molecule has 1 rings (SSSR count). The van der Waals surface area contributed by atoms with Gasteiger partial charge in [-0.1, -0.05) is 6.92 Å². The first-order valence-corrected chi connectivity index (χ1v) is 6.51. The SMILES string of the molecule is CNCC(C)c1c(C)nc(CC(C)OC)nc1C.